The third-order valence-electron chi connectivity index (χ3n) is 2.98. The number of nitrogens with one attached hydrogen (secondary N) is 1. The summed E-state index contributed by atoms with van der Waals surface area (Å²) < 4.78 is 17.1. The zero-order valence-electron chi connectivity index (χ0n) is 10.8. The second-order valence-electron chi connectivity index (χ2n) is 4.41. The Morgan fingerprint density at radius 1 is 1.47 bits per heavy atom. The fraction of sp³-hybridized carbons (Fsp3) is 0.385. The van der Waals surface area contributed by atoms with Crippen molar-refractivity contribution in [3.63, 3.8) is 0 Å². The largest absolute Gasteiger partial charge is 0.268 e. The van der Waals surface area contributed by atoms with E-state index in [0.29, 0.717) is 20.5 Å². The Hall–Kier alpha value is -1.01. The van der Waals surface area contributed by atoms with E-state index in [2.05, 4.69) is 33.1 Å². The Morgan fingerprint density at radius 2 is 2.21 bits per heavy atom. The van der Waals surface area contributed by atoms with Gasteiger partial charge in [-0.1, -0.05) is 19.4 Å². The van der Waals surface area contributed by atoms with Crippen molar-refractivity contribution in [1.82, 2.24) is 14.8 Å². The zero-order chi connectivity index (χ0) is 14.0. The van der Waals surface area contributed by atoms with Crippen LogP contribution in [0.4, 0.5) is 4.39 Å². The number of nitrogens with zero attached hydrogens (tertiary/aromatic N) is 2. The highest BCUT2D eigenvalue weighted by Gasteiger charge is 2.16. The Morgan fingerprint density at radius 3 is 2.89 bits per heavy atom. The fourth-order valence-corrected chi connectivity index (χ4v) is 2.64. The molecule has 0 unspecified atom stereocenters. The molecule has 0 radical (unpaired) electrons. The lowest BCUT2D eigenvalue weighted by molar-refractivity contribution is 0.602. The maximum Gasteiger partial charge on any atom is 0.200 e. The summed E-state index contributed by atoms with van der Waals surface area (Å²) in [6.45, 7) is 3.84. The molecular weight excluding hydrogens is 329 g/mol. The maximum atomic E-state index is 14.4. The smallest absolute Gasteiger partial charge is 0.200 e. The first-order chi connectivity index (χ1) is 9.06. The maximum absolute atomic E-state index is 14.4. The summed E-state index contributed by atoms with van der Waals surface area (Å²) in [6, 6.07) is 3.56. The second-order valence-corrected chi connectivity index (χ2v) is 5.65. The number of unbranched alkanes of at least 4 members (excludes halogenated alkanes) is 1. The normalized spacial score (nSPS) is 10.9. The fourth-order valence-electron chi connectivity index (χ4n) is 1.91. The summed E-state index contributed by atoms with van der Waals surface area (Å²) in [5.74, 6) is 0.488. The zero-order valence-corrected chi connectivity index (χ0v) is 13.2. The Kier molecular flexibility index (Phi) is 4.52. The van der Waals surface area contributed by atoms with Crippen molar-refractivity contribution in [3.8, 4) is 5.69 Å². The molecule has 1 heterocycles. The number of aromatic nitrogens is 3. The minimum atomic E-state index is -0.273. The third kappa shape index (κ3) is 2.79. The number of benzene rings is 1. The van der Waals surface area contributed by atoms with Gasteiger partial charge in [-0.15, -0.1) is 0 Å². The Bertz CT molecular complexity index is 648. The molecule has 1 N–H and O–H groups in total. The summed E-state index contributed by atoms with van der Waals surface area (Å²) in [4.78, 5) is 0. The van der Waals surface area contributed by atoms with E-state index in [-0.39, 0.29) is 5.82 Å². The highest BCUT2D eigenvalue weighted by Crippen LogP contribution is 2.27. The van der Waals surface area contributed by atoms with Gasteiger partial charge in [0.25, 0.3) is 0 Å². The van der Waals surface area contributed by atoms with Crippen LogP contribution in [0.25, 0.3) is 5.69 Å². The summed E-state index contributed by atoms with van der Waals surface area (Å²) in [7, 11) is 0. The molecule has 0 bridgehead atoms. The minimum Gasteiger partial charge on any atom is -0.268 e. The monoisotopic (exact) mass is 343 g/mol. The number of hydrogen-bond acceptors (Lipinski definition) is 2. The first-order valence-electron chi connectivity index (χ1n) is 6.17. The van der Waals surface area contributed by atoms with Crippen LogP contribution in [0.5, 0.6) is 0 Å². The molecule has 6 heteroatoms. The van der Waals surface area contributed by atoms with Crippen molar-refractivity contribution < 1.29 is 4.39 Å². The van der Waals surface area contributed by atoms with Gasteiger partial charge in [0.2, 0.25) is 0 Å². The van der Waals surface area contributed by atoms with Crippen molar-refractivity contribution >= 4 is 28.1 Å². The topological polar surface area (TPSA) is 33.6 Å². The highest BCUT2D eigenvalue weighted by molar-refractivity contribution is 9.10. The predicted molar refractivity (Wildman–Crippen MR) is 79.8 cm³/mol. The summed E-state index contributed by atoms with van der Waals surface area (Å²) in [5.41, 5.74) is 1.02. The average Bonchev–Trinajstić information content (AvgIpc) is 2.74. The first-order valence-corrected chi connectivity index (χ1v) is 7.37. The number of H-pyrrole nitrogens is 1. The van der Waals surface area contributed by atoms with Crippen LogP contribution in [0, 0.1) is 17.5 Å². The average molecular weight is 344 g/mol. The van der Waals surface area contributed by atoms with Crippen LogP contribution in [0.2, 0.25) is 0 Å². The van der Waals surface area contributed by atoms with E-state index in [1.807, 2.05) is 6.07 Å². The van der Waals surface area contributed by atoms with Crippen molar-refractivity contribution in [3.05, 3.63) is 38.6 Å². The minimum absolute atomic E-state index is 0.273. The molecule has 0 aliphatic carbocycles. The molecule has 0 fully saturated rings. The van der Waals surface area contributed by atoms with Gasteiger partial charge in [0.1, 0.15) is 5.82 Å². The number of rotatable bonds is 4. The third-order valence-corrected chi connectivity index (χ3v) is 3.89. The van der Waals surface area contributed by atoms with E-state index >= 15 is 0 Å². The van der Waals surface area contributed by atoms with Crippen molar-refractivity contribution in [2.75, 3.05) is 0 Å². The molecule has 102 valence electrons. The lowest BCUT2D eigenvalue weighted by Crippen LogP contribution is -2.06. The summed E-state index contributed by atoms with van der Waals surface area (Å²) in [6.07, 6.45) is 2.81. The first kappa shape index (κ1) is 14.4. The molecule has 0 spiro atoms. The predicted octanol–water partition coefficient (Wildman–Crippen LogP) is 4.48. The number of hydrogen-bond donors (Lipinski definition) is 1. The van der Waals surface area contributed by atoms with Gasteiger partial charge in [-0.2, -0.15) is 5.10 Å². The quantitative estimate of drug-likeness (QED) is 0.830. The molecule has 2 rings (SSSR count). The van der Waals surface area contributed by atoms with Gasteiger partial charge in [-0.05, 0) is 53.1 Å². The lowest BCUT2D eigenvalue weighted by atomic mass is 10.2. The molecular formula is C13H15BrFN3S. The Balaban J connectivity index is 2.62. The van der Waals surface area contributed by atoms with E-state index in [4.69, 9.17) is 12.2 Å². The molecule has 0 aliphatic rings. The molecule has 19 heavy (non-hydrogen) atoms. The molecule has 3 nitrogen and oxygen atoms in total. The molecule has 0 aliphatic heterocycles. The molecule has 0 atom stereocenters. The second kappa shape index (κ2) is 5.96. The van der Waals surface area contributed by atoms with Gasteiger partial charge in [0.15, 0.2) is 10.6 Å². The molecule has 2 aromatic rings. The van der Waals surface area contributed by atoms with E-state index < -0.39 is 0 Å². The van der Waals surface area contributed by atoms with E-state index in [0.717, 1.165) is 25.1 Å². The SMILES string of the molecule is CCCCc1n[nH]c(=S)n1-c1c(Br)ccc(C)c1F. The number of aromatic amines is 1. The molecule has 1 aromatic heterocycles. The van der Waals surface area contributed by atoms with Gasteiger partial charge >= 0.3 is 0 Å². The van der Waals surface area contributed by atoms with Gasteiger partial charge in [-0.25, -0.2) is 4.39 Å². The van der Waals surface area contributed by atoms with Gasteiger partial charge in [-0.3, -0.25) is 9.67 Å². The van der Waals surface area contributed by atoms with Gasteiger partial charge in [0, 0.05) is 10.9 Å². The summed E-state index contributed by atoms with van der Waals surface area (Å²) >= 11 is 8.62. The van der Waals surface area contributed by atoms with Crippen molar-refractivity contribution in [2.45, 2.75) is 33.1 Å². The summed E-state index contributed by atoms with van der Waals surface area (Å²) in [5, 5.41) is 6.95. The molecule has 0 amide bonds. The standard InChI is InChI=1S/C13H15BrFN3S/c1-3-4-5-10-16-17-13(19)18(10)12-9(14)7-6-8(2)11(12)15/h6-7H,3-5H2,1-2H3,(H,17,19). The van der Waals surface area contributed by atoms with Gasteiger partial charge in [0.05, 0.1) is 5.69 Å². The van der Waals surface area contributed by atoms with E-state index in [1.54, 1.807) is 17.6 Å². The Labute approximate surface area is 125 Å². The molecule has 0 saturated heterocycles. The number of aryl methyl sites for hydroxylation is 2. The van der Waals surface area contributed by atoms with Crippen LogP contribution in [-0.2, 0) is 6.42 Å². The van der Waals surface area contributed by atoms with Crippen LogP contribution in [0.15, 0.2) is 16.6 Å². The molecule has 0 saturated carbocycles. The van der Waals surface area contributed by atoms with Crippen molar-refractivity contribution in [2.24, 2.45) is 0 Å². The van der Waals surface area contributed by atoms with E-state index in [1.165, 1.54) is 0 Å². The van der Waals surface area contributed by atoms with Gasteiger partial charge < -0.3 is 0 Å². The van der Waals surface area contributed by atoms with E-state index in [9.17, 15) is 4.39 Å². The van der Waals surface area contributed by atoms with Crippen molar-refractivity contribution in [1.29, 1.82) is 0 Å². The van der Waals surface area contributed by atoms with Crippen LogP contribution < -0.4 is 0 Å². The van der Waals surface area contributed by atoms with Crippen LogP contribution in [0.3, 0.4) is 0 Å². The number of halogens is 2. The lowest BCUT2D eigenvalue weighted by Gasteiger charge is -2.11. The van der Waals surface area contributed by atoms with Crippen LogP contribution in [0.1, 0.15) is 31.2 Å². The highest BCUT2D eigenvalue weighted by atomic mass is 79.9. The van der Waals surface area contributed by atoms with Crippen LogP contribution in [-0.4, -0.2) is 14.8 Å². The molecule has 1 aromatic carbocycles. The van der Waals surface area contributed by atoms with Crippen LogP contribution >= 0.6 is 28.1 Å².